The second-order valence-electron chi connectivity index (χ2n) is 7.50. The predicted octanol–water partition coefficient (Wildman–Crippen LogP) is 2.04. The monoisotopic (exact) mass is 269 g/mol. The molecule has 6 atom stereocenters. The molecular formula is C18H25N2+. The Balaban J connectivity index is 1.51. The van der Waals surface area contributed by atoms with Crippen LogP contribution >= 0.6 is 0 Å². The van der Waals surface area contributed by atoms with E-state index in [-0.39, 0.29) is 0 Å². The lowest BCUT2D eigenvalue weighted by Gasteiger charge is -2.39. The Morgan fingerprint density at radius 2 is 1.95 bits per heavy atom. The van der Waals surface area contributed by atoms with E-state index in [9.17, 15) is 0 Å². The Kier molecular flexibility index (Phi) is 2.46. The molecule has 2 N–H and O–H groups in total. The van der Waals surface area contributed by atoms with Crippen LogP contribution in [0.15, 0.2) is 24.3 Å². The SMILES string of the molecule is c1ccc2c(c1)N[C@@H]1[C@H]3[C@@H]4CCCC[C@@H]4C[NH+]3CC[C@H]21. The second-order valence-corrected chi connectivity index (χ2v) is 7.50. The molecule has 1 aromatic rings. The van der Waals surface area contributed by atoms with Gasteiger partial charge in [-0.2, -0.15) is 0 Å². The summed E-state index contributed by atoms with van der Waals surface area (Å²) in [6.07, 6.45) is 7.37. The van der Waals surface area contributed by atoms with Gasteiger partial charge in [-0.05, 0) is 24.5 Å². The van der Waals surface area contributed by atoms with Crippen LogP contribution in [-0.2, 0) is 0 Å². The average molecular weight is 269 g/mol. The maximum atomic E-state index is 3.92. The fourth-order valence-corrected chi connectivity index (χ4v) is 5.97. The Bertz CT molecular complexity index is 526. The molecular weight excluding hydrogens is 244 g/mol. The maximum absolute atomic E-state index is 3.92. The number of para-hydroxylation sites is 1. The smallest absolute Gasteiger partial charge is 0.112 e. The number of hydrogen-bond acceptors (Lipinski definition) is 1. The number of quaternary nitrogens is 1. The molecule has 3 heterocycles. The first-order valence-corrected chi connectivity index (χ1v) is 8.62. The quantitative estimate of drug-likeness (QED) is 0.737. The molecule has 106 valence electrons. The highest BCUT2D eigenvalue weighted by atomic mass is 15.2. The van der Waals surface area contributed by atoms with E-state index in [1.54, 1.807) is 5.56 Å². The second kappa shape index (κ2) is 4.24. The van der Waals surface area contributed by atoms with E-state index in [0.717, 1.165) is 29.8 Å². The summed E-state index contributed by atoms with van der Waals surface area (Å²) in [6.45, 7) is 2.88. The van der Waals surface area contributed by atoms with Crippen molar-refractivity contribution in [3.05, 3.63) is 29.8 Å². The number of hydrogen-bond donors (Lipinski definition) is 2. The Labute approximate surface area is 121 Å². The topological polar surface area (TPSA) is 16.5 Å². The summed E-state index contributed by atoms with van der Waals surface area (Å²) in [5.74, 6) is 2.84. The molecule has 2 saturated heterocycles. The van der Waals surface area contributed by atoms with E-state index in [4.69, 9.17) is 0 Å². The summed E-state index contributed by atoms with van der Waals surface area (Å²) >= 11 is 0. The molecule has 1 saturated carbocycles. The Morgan fingerprint density at radius 1 is 1.05 bits per heavy atom. The van der Waals surface area contributed by atoms with Gasteiger partial charge in [0.2, 0.25) is 0 Å². The van der Waals surface area contributed by atoms with Crippen molar-refractivity contribution in [3.63, 3.8) is 0 Å². The third-order valence-corrected chi connectivity index (χ3v) is 6.70. The molecule has 0 spiro atoms. The van der Waals surface area contributed by atoms with E-state index in [1.807, 2.05) is 4.90 Å². The number of rotatable bonds is 0. The minimum Gasteiger partial charge on any atom is -0.376 e. The molecule has 2 heteroatoms. The van der Waals surface area contributed by atoms with Gasteiger partial charge in [-0.3, -0.25) is 0 Å². The van der Waals surface area contributed by atoms with Crippen molar-refractivity contribution in [1.82, 2.24) is 0 Å². The van der Waals surface area contributed by atoms with Gasteiger partial charge in [-0.1, -0.05) is 31.0 Å². The van der Waals surface area contributed by atoms with Crippen LogP contribution < -0.4 is 10.2 Å². The fourth-order valence-electron chi connectivity index (χ4n) is 5.97. The first-order chi connectivity index (χ1) is 9.92. The van der Waals surface area contributed by atoms with Gasteiger partial charge in [-0.15, -0.1) is 0 Å². The lowest BCUT2D eigenvalue weighted by atomic mass is 9.73. The third kappa shape index (κ3) is 1.49. The average Bonchev–Trinajstić information content (AvgIpc) is 3.04. The van der Waals surface area contributed by atoms with Crippen molar-refractivity contribution >= 4 is 5.69 Å². The molecule has 5 rings (SSSR count). The molecule has 1 unspecified atom stereocenters. The summed E-state index contributed by atoms with van der Waals surface area (Å²) in [4.78, 5) is 1.93. The molecule has 0 aromatic heterocycles. The van der Waals surface area contributed by atoms with Crippen LogP contribution in [0.5, 0.6) is 0 Å². The van der Waals surface area contributed by atoms with Crippen LogP contribution in [0, 0.1) is 11.8 Å². The molecule has 2 nitrogen and oxygen atoms in total. The molecule has 20 heavy (non-hydrogen) atoms. The summed E-state index contributed by atoms with van der Waals surface area (Å²) in [7, 11) is 0. The predicted molar refractivity (Wildman–Crippen MR) is 81.1 cm³/mol. The van der Waals surface area contributed by atoms with Gasteiger partial charge in [-0.25, -0.2) is 0 Å². The van der Waals surface area contributed by atoms with E-state index in [1.165, 1.54) is 50.9 Å². The summed E-state index contributed by atoms with van der Waals surface area (Å²) in [6, 6.07) is 10.7. The largest absolute Gasteiger partial charge is 0.376 e. The minimum atomic E-state index is 0.726. The van der Waals surface area contributed by atoms with Gasteiger partial charge < -0.3 is 10.2 Å². The molecule has 4 aliphatic rings. The van der Waals surface area contributed by atoms with Gasteiger partial charge in [0, 0.05) is 29.9 Å². The lowest BCUT2D eigenvalue weighted by molar-refractivity contribution is -0.921. The van der Waals surface area contributed by atoms with Crippen LogP contribution in [-0.4, -0.2) is 25.2 Å². The van der Waals surface area contributed by atoms with Crippen molar-refractivity contribution in [2.45, 2.75) is 50.1 Å². The molecule has 0 radical (unpaired) electrons. The molecule has 0 bridgehead atoms. The van der Waals surface area contributed by atoms with E-state index in [2.05, 4.69) is 29.6 Å². The molecule has 3 fully saturated rings. The Morgan fingerprint density at radius 3 is 2.95 bits per heavy atom. The normalized spacial score (nSPS) is 45.0. The van der Waals surface area contributed by atoms with Gasteiger partial charge in [0.1, 0.15) is 6.04 Å². The molecule has 3 aliphatic heterocycles. The minimum absolute atomic E-state index is 0.726. The zero-order valence-electron chi connectivity index (χ0n) is 12.1. The van der Waals surface area contributed by atoms with E-state index >= 15 is 0 Å². The Hall–Kier alpha value is -1.02. The van der Waals surface area contributed by atoms with Gasteiger partial charge in [0.25, 0.3) is 0 Å². The van der Waals surface area contributed by atoms with Gasteiger partial charge >= 0.3 is 0 Å². The first kappa shape index (κ1) is 11.6. The maximum Gasteiger partial charge on any atom is 0.112 e. The van der Waals surface area contributed by atoms with Crippen molar-refractivity contribution < 1.29 is 4.90 Å². The van der Waals surface area contributed by atoms with E-state index < -0.39 is 0 Å². The summed E-state index contributed by atoms with van der Waals surface area (Å²) in [5.41, 5.74) is 3.04. The standard InChI is InChI=1S/C18H24N2/c1-2-6-13-12(5-1)11-20-10-9-15-14-7-3-4-8-16(14)19-17(15)18(13)20/h3-4,7-8,12-13,15,17-19H,1-2,5-6,9-11H2/p+1/t12-,13-,15-,17+,18-/m1/s1. The number of benzene rings is 1. The number of fused-ring (bicyclic) bond motifs is 7. The van der Waals surface area contributed by atoms with Crippen molar-refractivity contribution in [2.24, 2.45) is 11.8 Å². The zero-order chi connectivity index (χ0) is 13.1. The molecule has 1 aromatic carbocycles. The van der Waals surface area contributed by atoms with Crippen molar-refractivity contribution in [1.29, 1.82) is 0 Å². The highest BCUT2D eigenvalue weighted by molar-refractivity contribution is 5.59. The highest BCUT2D eigenvalue weighted by Crippen LogP contribution is 2.45. The summed E-state index contributed by atoms with van der Waals surface area (Å²) in [5, 5.41) is 3.92. The molecule has 0 amide bonds. The van der Waals surface area contributed by atoms with Gasteiger partial charge in [0.15, 0.2) is 0 Å². The lowest BCUT2D eigenvalue weighted by Crippen LogP contribution is -3.17. The van der Waals surface area contributed by atoms with E-state index in [0.29, 0.717) is 0 Å². The fraction of sp³-hybridized carbons (Fsp3) is 0.667. The zero-order valence-corrected chi connectivity index (χ0v) is 12.1. The van der Waals surface area contributed by atoms with Gasteiger partial charge in [0.05, 0.1) is 19.1 Å². The number of anilines is 1. The number of piperidine rings is 1. The van der Waals surface area contributed by atoms with Crippen LogP contribution in [0.1, 0.15) is 43.6 Å². The molecule has 1 aliphatic carbocycles. The first-order valence-electron chi connectivity index (χ1n) is 8.62. The van der Waals surface area contributed by atoms with Crippen molar-refractivity contribution in [3.8, 4) is 0 Å². The number of nitrogens with one attached hydrogen (secondary N) is 2. The van der Waals surface area contributed by atoms with Crippen LogP contribution in [0.2, 0.25) is 0 Å². The van der Waals surface area contributed by atoms with Crippen LogP contribution in [0.3, 0.4) is 0 Å². The third-order valence-electron chi connectivity index (χ3n) is 6.70. The van der Waals surface area contributed by atoms with Crippen LogP contribution in [0.4, 0.5) is 5.69 Å². The van der Waals surface area contributed by atoms with Crippen LogP contribution in [0.25, 0.3) is 0 Å². The highest BCUT2D eigenvalue weighted by Gasteiger charge is 2.55. The summed E-state index contributed by atoms with van der Waals surface area (Å²) < 4.78 is 0. The van der Waals surface area contributed by atoms with Crippen molar-refractivity contribution in [2.75, 3.05) is 18.4 Å².